The van der Waals surface area contributed by atoms with E-state index < -0.39 is 17.7 Å². The highest BCUT2D eigenvalue weighted by Crippen LogP contribution is 2.44. The first-order chi connectivity index (χ1) is 12.0. The number of fused-ring (bicyclic) bond motifs is 1. The molecule has 0 fully saturated rings. The zero-order chi connectivity index (χ0) is 19.6. The lowest BCUT2D eigenvalue weighted by molar-refractivity contribution is 0.0505. The summed E-state index contributed by atoms with van der Waals surface area (Å²) in [6, 6.07) is 1.72. The minimum Gasteiger partial charge on any atom is -0.506 e. The number of phenolic OH excluding ortho intramolecular Hbond substituents is 1. The highest BCUT2D eigenvalue weighted by molar-refractivity contribution is 9.11. The molecule has 0 aliphatic carbocycles. The molecular formula is C17H19Br2NO5S. The number of aromatic hydroxyl groups is 1. The van der Waals surface area contributed by atoms with Crippen molar-refractivity contribution in [2.24, 2.45) is 0 Å². The van der Waals surface area contributed by atoms with E-state index >= 15 is 0 Å². The number of amides is 1. The molecule has 0 unspecified atom stereocenters. The standard InChI is InChI=1S/C17H19Br2NO5S/c1-5-24-15(22)12-10(7-20-16(23)25-17(2,3)4)26-9-6-8(18)14(21)13(19)11(9)12/h6,21H,5,7H2,1-4H3,(H,20,23). The van der Waals surface area contributed by atoms with E-state index in [1.54, 1.807) is 33.8 Å². The molecule has 0 aliphatic rings. The van der Waals surface area contributed by atoms with Gasteiger partial charge in [-0.1, -0.05) is 0 Å². The predicted octanol–water partition coefficient (Wildman–Crippen LogP) is 5.33. The Kier molecular flexibility index (Phi) is 6.57. The van der Waals surface area contributed by atoms with Crippen molar-refractivity contribution in [1.29, 1.82) is 0 Å². The topological polar surface area (TPSA) is 84.9 Å². The normalized spacial score (nSPS) is 11.5. The largest absolute Gasteiger partial charge is 0.506 e. The number of ether oxygens (including phenoxy) is 2. The molecule has 142 valence electrons. The molecule has 1 aromatic carbocycles. The molecule has 1 heterocycles. The first-order valence-electron chi connectivity index (χ1n) is 7.81. The van der Waals surface area contributed by atoms with Gasteiger partial charge >= 0.3 is 12.1 Å². The molecule has 0 saturated carbocycles. The van der Waals surface area contributed by atoms with Crippen molar-refractivity contribution in [2.75, 3.05) is 6.61 Å². The Morgan fingerprint density at radius 1 is 1.31 bits per heavy atom. The number of halogens is 2. The van der Waals surface area contributed by atoms with Crippen molar-refractivity contribution >= 4 is 65.3 Å². The van der Waals surface area contributed by atoms with Gasteiger partial charge in [0.1, 0.15) is 11.4 Å². The fraction of sp³-hybridized carbons (Fsp3) is 0.412. The van der Waals surface area contributed by atoms with Crippen LogP contribution in [-0.4, -0.2) is 29.4 Å². The van der Waals surface area contributed by atoms with E-state index in [0.717, 1.165) is 4.70 Å². The van der Waals surface area contributed by atoms with Crippen molar-refractivity contribution in [3.05, 3.63) is 25.5 Å². The number of carbonyl (C=O) groups is 2. The minimum absolute atomic E-state index is 0.00694. The Morgan fingerprint density at radius 3 is 2.54 bits per heavy atom. The molecule has 0 bridgehead atoms. The van der Waals surface area contributed by atoms with Crippen LogP contribution in [0.25, 0.3) is 10.1 Å². The summed E-state index contributed by atoms with van der Waals surface area (Å²) in [5.74, 6) is -0.519. The number of phenols is 1. The van der Waals surface area contributed by atoms with Gasteiger partial charge in [0.25, 0.3) is 0 Å². The van der Waals surface area contributed by atoms with Gasteiger partial charge in [-0.2, -0.15) is 0 Å². The van der Waals surface area contributed by atoms with Gasteiger partial charge in [0.05, 0.1) is 27.7 Å². The summed E-state index contributed by atoms with van der Waals surface area (Å²) >= 11 is 7.96. The zero-order valence-electron chi connectivity index (χ0n) is 14.7. The maximum atomic E-state index is 12.5. The molecule has 6 nitrogen and oxygen atoms in total. The van der Waals surface area contributed by atoms with Crippen LogP contribution in [0.3, 0.4) is 0 Å². The SMILES string of the molecule is CCOC(=O)c1c(CNC(=O)OC(C)(C)C)sc2cc(Br)c(O)c(Br)c12. The maximum Gasteiger partial charge on any atom is 0.407 e. The summed E-state index contributed by atoms with van der Waals surface area (Å²) in [5.41, 5.74) is -0.300. The van der Waals surface area contributed by atoms with E-state index in [2.05, 4.69) is 37.2 Å². The van der Waals surface area contributed by atoms with Crippen LogP contribution in [-0.2, 0) is 16.0 Å². The van der Waals surface area contributed by atoms with Crippen molar-refractivity contribution in [3.8, 4) is 5.75 Å². The van der Waals surface area contributed by atoms with Crippen LogP contribution in [0.2, 0.25) is 0 Å². The van der Waals surface area contributed by atoms with Gasteiger partial charge in [-0.05, 0) is 65.6 Å². The first kappa shape index (κ1) is 21.0. The molecule has 9 heteroatoms. The van der Waals surface area contributed by atoms with Gasteiger partial charge in [-0.25, -0.2) is 9.59 Å². The summed E-state index contributed by atoms with van der Waals surface area (Å²) < 4.78 is 12.0. The lowest BCUT2D eigenvalue weighted by Gasteiger charge is -2.19. The summed E-state index contributed by atoms with van der Waals surface area (Å²) in [5, 5.41) is 13.4. The van der Waals surface area contributed by atoms with E-state index in [1.807, 2.05) is 0 Å². The first-order valence-corrected chi connectivity index (χ1v) is 10.2. The fourth-order valence-electron chi connectivity index (χ4n) is 2.23. The average Bonchev–Trinajstić information content (AvgIpc) is 2.87. The summed E-state index contributed by atoms with van der Waals surface area (Å²) in [6.07, 6.45) is -0.576. The molecule has 2 rings (SSSR count). The molecule has 0 saturated heterocycles. The third-order valence-electron chi connectivity index (χ3n) is 3.19. The number of alkyl carbamates (subject to hydrolysis) is 1. The Labute approximate surface area is 172 Å². The smallest absolute Gasteiger partial charge is 0.407 e. The number of nitrogens with one attached hydrogen (secondary N) is 1. The third kappa shape index (κ3) is 4.69. The summed E-state index contributed by atoms with van der Waals surface area (Å²) in [4.78, 5) is 25.0. The van der Waals surface area contributed by atoms with Crippen LogP contribution in [0.1, 0.15) is 42.9 Å². The van der Waals surface area contributed by atoms with Gasteiger partial charge in [-0.3, -0.25) is 0 Å². The number of rotatable bonds is 4. The Bertz CT molecular complexity index is 857. The van der Waals surface area contributed by atoms with Crippen LogP contribution < -0.4 is 5.32 Å². The van der Waals surface area contributed by atoms with Crippen LogP contribution in [0, 0.1) is 0 Å². The van der Waals surface area contributed by atoms with Crippen molar-refractivity contribution in [1.82, 2.24) is 5.32 Å². The summed E-state index contributed by atoms with van der Waals surface area (Å²) in [6.45, 7) is 7.35. The van der Waals surface area contributed by atoms with Crippen LogP contribution in [0.4, 0.5) is 4.79 Å². The molecule has 26 heavy (non-hydrogen) atoms. The second-order valence-electron chi connectivity index (χ2n) is 6.37. The van der Waals surface area contributed by atoms with E-state index in [0.29, 0.717) is 24.8 Å². The Morgan fingerprint density at radius 2 is 1.96 bits per heavy atom. The average molecular weight is 509 g/mol. The molecular weight excluding hydrogens is 490 g/mol. The molecule has 0 spiro atoms. The Balaban J connectivity index is 2.45. The monoisotopic (exact) mass is 507 g/mol. The number of benzene rings is 1. The molecule has 0 aliphatic heterocycles. The highest BCUT2D eigenvalue weighted by Gasteiger charge is 2.25. The van der Waals surface area contributed by atoms with Gasteiger partial charge in [-0.15, -0.1) is 11.3 Å². The Hall–Kier alpha value is -1.32. The lowest BCUT2D eigenvalue weighted by atomic mass is 10.1. The molecule has 2 N–H and O–H groups in total. The molecule has 2 aromatic rings. The number of esters is 1. The lowest BCUT2D eigenvalue weighted by Crippen LogP contribution is -2.32. The zero-order valence-corrected chi connectivity index (χ0v) is 18.7. The second kappa shape index (κ2) is 8.14. The van der Waals surface area contributed by atoms with Crippen molar-refractivity contribution in [3.63, 3.8) is 0 Å². The molecule has 0 radical (unpaired) electrons. The number of carbonyl (C=O) groups excluding carboxylic acids is 2. The third-order valence-corrected chi connectivity index (χ3v) is 5.70. The van der Waals surface area contributed by atoms with Crippen molar-refractivity contribution < 1.29 is 24.2 Å². The maximum absolute atomic E-state index is 12.5. The molecule has 1 aromatic heterocycles. The predicted molar refractivity (Wildman–Crippen MR) is 108 cm³/mol. The number of hydrogen-bond acceptors (Lipinski definition) is 6. The van der Waals surface area contributed by atoms with Crippen LogP contribution in [0.15, 0.2) is 15.0 Å². The highest BCUT2D eigenvalue weighted by atomic mass is 79.9. The van der Waals surface area contributed by atoms with Crippen LogP contribution in [0.5, 0.6) is 5.75 Å². The second-order valence-corrected chi connectivity index (χ2v) is 9.15. The molecule has 0 atom stereocenters. The number of thiophene rings is 1. The van der Waals surface area contributed by atoms with E-state index in [-0.39, 0.29) is 18.9 Å². The van der Waals surface area contributed by atoms with Crippen LogP contribution >= 0.6 is 43.2 Å². The van der Waals surface area contributed by atoms with Gasteiger partial charge in [0, 0.05) is 15.0 Å². The fourth-order valence-corrected chi connectivity index (χ4v) is 5.02. The number of hydrogen-bond donors (Lipinski definition) is 2. The molecule has 1 amide bonds. The van der Waals surface area contributed by atoms with E-state index in [4.69, 9.17) is 9.47 Å². The van der Waals surface area contributed by atoms with E-state index in [9.17, 15) is 14.7 Å². The quantitative estimate of drug-likeness (QED) is 0.545. The minimum atomic E-state index is -0.617. The summed E-state index contributed by atoms with van der Waals surface area (Å²) in [7, 11) is 0. The van der Waals surface area contributed by atoms with Crippen molar-refractivity contribution in [2.45, 2.75) is 39.8 Å². The van der Waals surface area contributed by atoms with E-state index in [1.165, 1.54) is 11.3 Å². The van der Waals surface area contributed by atoms with Gasteiger partial charge in [0.15, 0.2) is 0 Å². The van der Waals surface area contributed by atoms with Gasteiger partial charge in [0.2, 0.25) is 0 Å². The van der Waals surface area contributed by atoms with Gasteiger partial charge < -0.3 is 19.9 Å².